The maximum atomic E-state index is 12.6. The quantitative estimate of drug-likeness (QED) is 0.442. The standard InChI is InChI=1S/C19H18F3N5O2/c1-13(25-29-11-14-3-7-16(8-4-14)19(20,21)22)15-5-9-17(10-6-15)28-12-18-23-26-27(2)24-18/h3-10H,11-12H2,1-2H3/b25-13+. The molecule has 0 aliphatic rings. The van der Waals surface area contributed by atoms with Gasteiger partial charge in [0.25, 0.3) is 0 Å². The first-order valence-corrected chi connectivity index (χ1v) is 8.60. The number of hydrogen-bond donors (Lipinski definition) is 0. The van der Waals surface area contributed by atoms with E-state index < -0.39 is 11.7 Å². The van der Waals surface area contributed by atoms with Crippen molar-refractivity contribution in [1.29, 1.82) is 0 Å². The summed E-state index contributed by atoms with van der Waals surface area (Å²) in [6, 6.07) is 12.0. The highest BCUT2D eigenvalue weighted by Crippen LogP contribution is 2.29. The average Bonchev–Trinajstić information content (AvgIpc) is 3.11. The molecule has 0 saturated heterocycles. The van der Waals surface area contributed by atoms with Gasteiger partial charge >= 0.3 is 6.18 Å². The Bertz CT molecular complexity index is 967. The summed E-state index contributed by atoms with van der Waals surface area (Å²) in [5.41, 5.74) is 1.34. The van der Waals surface area contributed by atoms with Gasteiger partial charge in [-0.05, 0) is 59.7 Å². The van der Waals surface area contributed by atoms with Crippen molar-refractivity contribution in [3.8, 4) is 5.75 Å². The molecule has 3 aromatic rings. The van der Waals surface area contributed by atoms with Gasteiger partial charge in [-0.1, -0.05) is 17.3 Å². The zero-order valence-electron chi connectivity index (χ0n) is 15.7. The molecule has 0 aliphatic heterocycles. The molecule has 1 heterocycles. The van der Waals surface area contributed by atoms with Crippen LogP contribution in [-0.2, 0) is 31.3 Å². The first kappa shape index (κ1) is 20.3. The zero-order valence-corrected chi connectivity index (χ0v) is 15.7. The fourth-order valence-electron chi connectivity index (χ4n) is 2.37. The second kappa shape index (κ2) is 8.72. The summed E-state index contributed by atoms with van der Waals surface area (Å²) in [5, 5.41) is 15.6. The van der Waals surface area contributed by atoms with Crippen LogP contribution in [0.1, 0.15) is 29.4 Å². The summed E-state index contributed by atoms with van der Waals surface area (Å²) in [7, 11) is 1.67. The predicted octanol–water partition coefficient (Wildman–Crippen LogP) is 3.75. The molecule has 0 bridgehead atoms. The number of tetrazole rings is 1. The van der Waals surface area contributed by atoms with Crippen molar-refractivity contribution in [3.63, 3.8) is 0 Å². The summed E-state index contributed by atoms with van der Waals surface area (Å²) >= 11 is 0. The van der Waals surface area contributed by atoms with Crippen LogP contribution in [0.25, 0.3) is 0 Å². The highest BCUT2D eigenvalue weighted by molar-refractivity contribution is 5.98. The molecule has 0 unspecified atom stereocenters. The molecule has 29 heavy (non-hydrogen) atoms. The third kappa shape index (κ3) is 5.77. The largest absolute Gasteiger partial charge is 0.485 e. The lowest BCUT2D eigenvalue weighted by atomic mass is 10.1. The molecule has 0 spiro atoms. The molecular weight excluding hydrogens is 387 g/mol. The molecule has 2 aromatic carbocycles. The lowest BCUT2D eigenvalue weighted by molar-refractivity contribution is -0.137. The van der Waals surface area contributed by atoms with E-state index in [-0.39, 0.29) is 13.2 Å². The van der Waals surface area contributed by atoms with E-state index >= 15 is 0 Å². The fraction of sp³-hybridized carbons (Fsp3) is 0.263. The van der Waals surface area contributed by atoms with Gasteiger partial charge in [-0.2, -0.15) is 18.0 Å². The summed E-state index contributed by atoms with van der Waals surface area (Å²) in [6.45, 7) is 2.05. The van der Waals surface area contributed by atoms with Crippen molar-refractivity contribution in [2.45, 2.75) is 26.3 Å². The van der Waals surface area contributed by atoms with E-state index in [9.17, 15) is 13.2 Å². The molecule has 3 rings (SSSR count). The Morgan fingerprint density at radius 1 is 1.03 bits per heavy atom. The van der Waals surface area contributed by atoms with E-state index in [1.165, 1.54) is 16.9 Å². The van der Waals surface area contributed by atoms with E-state index in [4.69, 9.17) is 9.57 Å². The number of aryl methyl sites for hydroxylation is 1. The van der Waals surface area contributed by atoms with Crippen LogP contribution in [0.15, 0.2) is 53.7 Å². The molecule has 0 radical (unpaired) electrons. The number of halogens is 3. The van der Waals surface area contributed by atoms with Gasteiger partial charge in [0.15, 0.2) is 6.61 Å². The maximum absolute atomic E-state index is 12.6. The minimum atomic E-state index is -4.35. The van der Waals surface area contributed by atoms with Crippen LogP contribution in [0, 0.1) is 0 Å². The van der Waals surface area contributed by atoms with Gasteiger partial charge in [-0.3, -0.25) is 0 Å². The first-order valence-electron chi connectivity index (χ1n) is 8.60. The SMILES string of the molecule is C/C(=N\OCc1ccc(C(F)(F)F)cc1)c1ccc(OCc2nnn(C)n2)cc1. The van der Waals surface area contributed by atoms with Crippen molar-refractivity contribution in [2.75, 3.05) is 0 Å². The van der Waals surface area contributed by atoms with Crippen LogP contribution in [0.5, 0.6) is 5.75 Å². The highest BCUT2D eigenvalue weighted by atomic mass is 19.4. The number of oxime groups is 1. The number of rotatable bonds is 7. The zero-order chi connectivity index (χ0) is 20.9. The van der Waals surface area contributed by atoms with E-state index in [1.54, 1.807) is 26.1 Å². The van der Waals surface area contributed by atoms with Crippen LogP contribution < -0.4 is 4.74 Å². The third-order valence-corrected chi connectivity index (χ3v) is 3.90. The van der Waals surface area contributed by atoms with Crippen molar-refractivity contribution < 1.29 is 22.7 Å². The third-order valence-electron chi connectivity index (χ3n) is 3.90. The van der Waals surface area contributed by atoms with Gasteiger partial charge < -0.3 is 9.57 Å². The first-order chi connectivity index (χ1) is 13.8. The van der Waals surface area contributed by atoms with Crippen LogP contribution >= 0.6 is 0 Å². The lowest BCUT2D eigenvalue weighted by Crippen LogP contribution is -2.04. The summed E-state index contributed by atoms with van der Waals surface area (Å²) in [4.78, 5) is 6.60. The Balaban J connectivity index is 1.51. The minimum Gasteiger partial charge on any atom is -0.485 e. The number of ether oxygens (including phenoxy) is 1. The summed E-state index contributed by atoms with van der Waals surface area (Å²) in [6.07, 6.45) is -4.35. The van der Waals surface area contributed by atoms with Gasteiger partial charge in [-0.15, -0.1) is 10.2 Å². The predicted molar refractivity (Wildman–Crippen MR) is 98.0 cm³/mol. The Labute approximate surface area is 164 Å². The molecule has 0 fully saturated rings. The summed E-state index contributed by atoms with van der Waals surface area (Å²) < 4.78 is 43.3. The van der Waals surface area contributed by atoms with E-state index in [0.717, 1.165) is 17.7 Å². The van der Waals surface area contributed by atoms with Crippen molar-refractivity contribution in [3.05, 3.63) is 71.0 Å². The minimum absolute atomic E-state index is 0.0712. The van der Waals surface area contributed by atoms with Crippen molar-refractivity contribution >= 4 is 5.71 Å². The molecule has 0 aliphatic carbocycles. The molecule has 0 N–H and O–H groups in total. The molecule has 1 aromatic heterocycles. The second-order valence-corrected chi connectivity index (χ2v) is 6.15. The number of aromatic nitrogens is 4. The van der Waals surface area contributed by atoms with Gasteiger partial charge in [0, 0.05) is 0 Å². The Morgan fingerprint density at radius 2 is 1.72 bits per heavy atom. The summed E-state index contributed by atoms with van der Waals surface area (Å²) in [5.74, 6) is 1.12. The lowest BCUT2D eigenvalue weighted by Gasteiger charge is -2.08. The van der Waals surface area contributed by atoms with Crippen LogP contribution in [0.4, 0.5) is 13.2 Å². The van der Waals surface area contributed by atoms with Crippen LogP contribution in [0.2, 0.25) is 0 Å². The number of benzene rings is 2. The average molecular weight is 405 g/mol. The Hall–Kier alpha value is -3.43. The Kier molecular flexibility index (Phi) is 6.10. The maximum Gasteiger partial charge on any atom is 0.416 e. The number of alkyl halides is 3. The molecular formula is C19H18F3N5O2. The monoisotopic (exact) mass is 405 g/mol. The van der Waals surface area contributed by atoms with Crippen LogP contribution in [0.3, 0.4) is 0 Å². The van der Waals surface area contributed by atoms with Gasteiger partial charge in [0.2, 0.25) is 5.82 Å². The molecule has 0 atom stereocenters. The molecule has 0 amide bonds. The highest BCUT2D eigenvalue weighted by Gasteiger charge is 2.29. The molecule has 7 nitrogen and oxygen atoms in total. The van der Waals surface area contributed by atoms with Gasteiger partial charge in [-0.25, -0.2) is 0 Å². The Morgan fingerprint density at radius 3 is 2.31 bits per heavy atom. The molecule has 152 valence electrons. The number of nitrogens with zero attached hydrogens (tertiary/aromatic N) is 5. The van der Waals surface area contributed by atoms with Gasteiger partial charge in [0.05, 0.1) is 18.3 Å². The van der Waals surface area contributed by atoms with Gasteiger partial charge in [0.1, 0.15) is 12.4 Å². The van der Waals surface area contributed by atoms with Crippen molar-refractivity contribution in [1.82, 2.24) is 20.2 Å². The fourth-order valence-corrected chi connectivity index (χ4v) is 2.37. The molecule has 0 saturated carbocycles. The normalized spacial score (nSPS) is 12.1. The van der Waals surface area contributed by atoms with E-state index in [0.29, 0.717) is 22.8 Å². The topological polar surface area (TPSA) is 74.4 Å². The smallest absolute Gasteiger partial charge is 0.416 e. The van der Waals surface area contributed by atoms with Crippen molar-refractivity contribution in [2.24, 2.45) is 12.2 Å². The number of hydrogen-bond acceptors (Lipinski definition) is 6. The van der Waals surface area contributed by atoms with E-state index in [2.05, 4.69) is 20.6 Å². The molecule has 10 heteroatoms. The van der Waals surface area contributed by atoms with E-state index in [1.807, 2.05) is 12.1 Å². The second-order valence-electron chi connectivity index (χ2n) is 6.15. The van der Waals surface area contributed by atoms with Crippen LogP contribution in [-0.4, -0.2) is 25.9 Å².